The van der Waals surface area contributed by atoms with Crippen LogP contribution in [-0.2, 0) is 0 Å². The molecular weight excluding hydrogens is 306 g/mol. The molecule has 0 bridgehead atoms. The van der Waals surface area contributed by atoms with Gasteiger partial charge in [0.2, 0.25) is 0 Å². The van der Waals surface area contributed by atoms with Crippen molar-refractivity contribution in [1.82, 2.24) is 4.98 Å². The molecule has 1 unspecified atom stereocenters. The van der Waals surface area contributed by atoms with E-state index < -0.39 is 4.92 Å². The van der Waals surface area contributed by atoms with Gasteiger partial charge in [-0.25, -0.2) is 0 Å². The van der Waals surface area contributed by atoms with Gasteiger partial charge in [0.1, 0.15) is 5.75 Å². The van der Waals surface area contributed by atoms with E-state index in [0.29, 0.717) is 11.6 Å². The highest BCUT2D eigenvalue weighted by Gasteiger charge is 2.27. The van der Waals surface area contributed by atoms with E-state index in [-0.39, 0.29) is 11.6 Å². The summed E-state index contributed by atoms with van der Waals surface area (Å²) in [6.45, 7) is 1.92. The number of ether oxygens (including phenoxy) is 1. The summed E-state index contributed by atoms with van der Waals surface area (Å²) >= 11 is 0. The zero-order valence-electron chi connectivity index (χ0n) is 12.9. The molecule has 2 aromatic carbocycles. The standard InChI is InChI=1S/C18H15N3O3/c1-10-16(11-5-7-12(8-6-11)21(22)23)13-9-20-14-3-2-4-15(17(13)14)24-18(10)19/h2-9,16,20H,19H2,1H3. The summed E-state index contributed by atoms with van der Waals surface area (Å²) in [7, 11) is 0. The van der Waals surface area contributed by atoms with E-state index in [4.69, 9.17) is 10.5 Å². The van der Waals surface area contributed by atoms with Crippen LogP contribution in [0.25, 0.3) is 10.9 Å². The number of nitro benzene ring substituents is 1. The van der Waals surface area contributed by atoms with Crippen molar-refractivity contribution in [2.75, 3.05) is 0 Å². The largest absolute Gasteiger partial charge is 0.441 e. The second kappa shape index (κ2) is 5.13. The summed E-state index contributed by atoms with van der Waals surface area (Å²) in [5, 5.41) is 11.9. The van der Waals surface area contributed by atoms with Crippen LogP contribution >= 0.6 is 0 Å². The van der Waals surface area contributed by atoms with Crippen LogP contribution in [-0.4, -0.2) is 9.91 Å². The molecule has 1 aliphatic rings. The molecule has 0 radical (unpaired) electrons. The van der Waals surface area contributed by atoms with Crippen molar-refractivity contribution in [2.24, 2.45) is 5.73 Å². The zero-order chi connectivity index (χ0) is 16.8. The Labute approximate surface area is 137 Å². The first-order valence-electron chi connectivity index (χ1n) is 7.54. The number of aromatic nitrogens is 1. The predicted octanol–water partition coefficient (Wildman–Crippen LogP) is 3.79. The second-order valence-electron chi connectivity index (χ2n) is 5.85. The van der Waals surface area contributed by atoms with Crippen LogP contribution in [0.3, 0.4) is 0 Å². The maximum Gasteiger partial charge on any atom is 0.269 e. The molecule has 0 amide bonds. The van der Waals surface area contributed by atoms with E-state index >= 15 is 0 Å². The number of H-pyrrole nitrogens is 1. The summed E-state index contributed by atoms with van der Waals surface area (Å²) in [5.74, 6) is 0.954. The van der Waals surface area contributed by atoms with E-state index in [1.54, 1.807) is 12.1 Å². The van der Waals surface area contributed by atoms with Crippen LogP contribution in [0.15, 0.2) is 60.1 Å². The highest BCUT2D eigenvalue weighted by Crippen LogP contribution is 2.43. The quantitative estimate of drug-likeness (QED) is 0.554. The topological polar surface area (TPSA) is 94.2 Å². The molecule has 2 heterocycles. The van der Waals surface area contributed by atoms with Crippen LogP contribution in [0.2, 0.25) is 0 Å². The number of allylic oxidation sites excluding steroid dienone is 1. The first-order valence-corrected chi connectivity index (χ1v) is 7.54. The average Bonchev–Trinajstić information content (AvgIpc) is 2.96. The van der Waals surface area contributed by atoms with E-state index in [0.717, 1.165) is 27.6 Å². The summed E-state index contributed by atoms with van der Waals surface area (Å²) in [4.78, 5) is 13.7. The summed E-state index contributed by atoms with van der Waals surface area (Å²) in [6, 6.07) is 12.3. The minimum atomic E-state index is -0.402. The highest BCUT2D eigenvalue weighted by molar-refractivity contribution is 5.91. The minimum Gasteiger partial charge on any atom is -0.441 e. The third kappa shape index (κ3) is 2.04. The lowest BCUT2D eigenvalue weighted by atomic mass is 9.85. The monoisotopic (exact) mass is 321 g/mol. The van der Waals surface area contributed by atoms with Crippen molar-refractivity contribution in [2.45, 2.75) is 12.8 Å². The fraction of sp³-hybridized carbons (Fsp3) is 0.111. The maximum absolute atomic E-state index is 10.9. The van der Waals surface area contributed by atoms with Gasteiger partial charge in [0, 0.05) is 35.2 Å². The molecule has 0 spiro atoms. The van der Waals surface area contributed by atoms with Gasteiger partial charge in [-0.3, -0.25) is 10.1 Å². The van der Waals surface area contributed by atoms with Crippen LogP contribution in [0, 0.1) is 10.1 Å². The smallest absolute Gasteiger partial charge is 0.269 e. The van der Waals surface area contributed by atoms with E-state index in [1.807, 2.05) is 31.3 Å². The number of hydrogen-bond donors (Lipinski definition) is 2. The molecule has 0 saturated heterocycles. The molecule has 24 heavy (non-hydrogen) atoms. The van der Waals surface area contributed by atoms with Gasteiger partial charge in [0.15, 0.2) is 5.88 Å². The summed E-state index contributed by atoms with van der Waals surface area (Å²) < 4.78 is 5.84. The van der Waals surface area contributed by atoms with Crippen molar-refractivity contribution in [3.05, 3.63) is 81.4 Å². The van der Waals surface area contributed by atoms with Gasteiger partial charge in [0.25, 0.3) is 5.69 Å². The number of nitrogens with two attached hydrogens (primary N) is 1. The molecule has 4 rings (SSSR count). The third-order valence-electron chi connectivity index (χ3n) is 4.49. The molecule has 120 valence electrons. The second-order valence-corrected chi connectivity index (χ2v) is 5.85. The Kier molecular flexibility index (Phi) is 3.06. The van der Waals surface area contributed by atoms with E-state index in [2.05, 4.69) is 4.98 Å². The lowest BCUT2D eigenvalue weighted by molar-refractivity contribution is -0.384. The van der Waals surface area contributed by atoms with Crippen molar-refractivity contribution >= 4 is 16.6 Å². The molecule has 1 atom stereocenters. The number of benzene rings is 2. The first-order chi connectivity index (χ1) is 11.6. The van der Waals surface area contributed by atoms with E-state index in [1.165, 1.54) is 12.1 Å². The number of hydrogen-bond acceptors (Lipinski definition) is 4. The Morgan fingerprint density at radius 1 is 1.21 bits per heavy atom. The third-order valence-corrected chi connectivity index (χ3v) is 4.49. The molecular formula is C18H15N3O3. The van der Waals surface area contributed by atoms with Gasteiger partial charge in [-0.1, -0.05) is 18.2 Å². The molecule has 1 aliphatic heterocycles. The van der Waals surface area contributed by atoms with Gasteiger partial charge in [-0.15, -0.1) is 0 Å². The molecule has 6 nitrogen and oxygen atoms in total. The number of rotatable bonds is 2. The van der Waals surface area contributed by atoms with Gasteiger partial charge in [0.05, 0.1) is 4.92 Å². The molecule has 3 aromatic rings. The van der Waals surface area contributed by atoms with Crippen LogP contribution in [0.1, 0.15) is 24.0 Å². The SMILES string of the molecule is CC1=C(N)Oc2cccc3[nH]cc(c23)C1c1ccc([N+](=O)[O-])cc1. The lowest BCUT2D eigenvalue weighted by Crippen LogP contribution is -2.12. The maximum atomic E-state index is 10.9. The summed E-state index contributed by atoms with van der Waals surface area (Å²) in [6.07, 6.45) is 1.95. The molecule has 0 aliphatic carbocycles. The fourth-order valence-electron chi connectivity index (χ4n) is 3.28. The average molecular weight is 321 g/mol. The molecule has 6 heteroatoms. The zero-order valence-corrected chi connectivity index (χ0v) is 12.9. The molecule has 1 aromatic heterocycles. The van der Waals surface area contributed by atoms with Gasteiger partial charge in [-0.2, -0.15) is 0 Å². The van der Waals surface area contributed by atoms with E-state index in [9.17, 15) is 10.1 Å². The number of nitro groups is 1. The molecule has 0 fully saturated rings. The number of nitrogens with one attached hydrogen (secondary N) is 1. The fourth-order valence-corrected chi connectivity index (χ4v) is 3.28. The van der Waals surface area contributed by atoms with Crippen LogP contribution < -0.4 is 10.5 Å². The van der Waals surface area contributed by atoms with Crippen LogP contribution in [0.5, 0.6) is 5.75 Å². The first kappa shape index (κ1) is 14.3. The van der Waals surface area contributed by atoms with Crippen molar-refractivity contribution < 1.29 is 9.66 Å². The minimum absolute atomic E-state index is 0.0674. The van der Waals surface area contributed by atoms with Gasteiger partial charge in [-0.05, 0) is 35.8 Å². The lowest BCUT2D eigenvalue weighted by Gasteiger charge is -2.17. The molecule has 0 saturated carbocycles. The van der Waals surface area contributed by atoms with Gasteiger partial charge >= 0.3 is 0 Å². The van der Waals surface area contributed by atoms with Crippen molar-refractivity contribution in [3.8, 4) is 5.75 Å². The number of non-ortho nitro benzene ring substituents is 1. The Bertz CT molecular complexity index is 986. The summed E-state index contributed by atoms with van der Waals surface area (Å²) in [5.41, 5.74) is 10.0. The Hall–Kier alpha value is -3.28. The normalized spacial score (nSPS) is 16.8. The van der Waals surface area contributed by atoms with Crippen molar-refractivity contribution in [1.29, 1.82) is 0 Å². The van der Waals surface area contributed by atoms with Gasteiger partial charge < -0.3 is 15.5 Å². The number of aromatic amines is 1. The predicted molar refractivity (Wildman–Crippen MR) is 90.8 cm³/mol. The Morgan fingerprint density at radius 3 is 2.67 bits per heavy atom. The molecule has 3 N–H and O–H groups in total. The van der Waals surface area contributed by atoms with Crippen molar-refractivity contribution in [3.63, 3.8) is 0 Å². The van der Waals surface area contributed by atoms with Crippen LogP contribution in [0.4, 0.5) is 5.69 Å². The Morgan fingerprint density at radius 2 is 1.96 bits per heavy atom. The number of nitrogens with zero attached hydrogens (tertiary/aromatic N) is 1. The Balaban J connectivity index is 1.94. The highest BCUT2D eigenvalue weighted by atomic mass is 16.6.